The molecule has 0 spiro atoms. The lowest BCUT2D eigenvalue weighted by molar-refractivity contribution is -0.136. The Bertz CT molecular complexity index is 167. The second-order valence-corrected chi connectivity index (χ2v) is 3.49. The van der Waals surface area contributed by atoms with Crippen molar-refractivity contribution in [2.75, 3.05) is 0 Å². The van der Waals surface area contributed by atoms with Crippen LogP contribution >= 0.6 is 0 Å². The van der Waals surface area contributed by atoms with Crippen molar-refractivity contribution >= 4 is 11.8 Å². The fourth-order valence-electron chi connectivity index (χ4n) is 1.18. The minimum absolute atomic E-state index is 0.139. The molecule has 1 heterocycles. The van der Waals surface area contributed by atoms with E-state index in [1.54, 1.807) is 0 Å². The van der Waals surface area contributed by atoms with Crippen LogP contribution in [-0.4, -0.2) is 11.8 Å². The minimum Gasteiger partial charge on any atom is -0.296 e. The van der Waals surface area contributed by atoms with Crippen LogP contribution in [0.15, 0.2) is 0 Å². The monoisotopic (exact) mass is 171 g/mol. The summed E-state index contributed by atoms with van der Waals surface area (Å²) in [5, 5.41) is 2.26. The first kappa shape index (κ1) is 11.1. The van der Waals surface area contributed by atoms with Crippen LogP contribution in [0.1, 0.15) is 40.5 Å². The van der Waals surface area contributed by atoms with E-state index in [1.807, 2.05) is 27.7 Å². The SMILES string of the molecule is CC.CC1(C)CC(=O)NC(=O)C1. The molecule has 0 radical (unpaired) electrons. The van der Waals surface area contributed by atoms with E-state index in [2.05, 4.69) is 5.32 Å². The van der Waals surface area contributed by atoms with Crippen molar-refractivity contribution in [3.63, 3.8) is 0 Å². The van der Waals surface area contributed by atoms with E-state index in [1.165, 1.54) is 0 Å². The second-order valence-electron chi connectivity index (χ2n) is 3.49. The highest BCUT2D eigenvalue weighted by molar-refractivity contribution is 5.98. The zero-order chi connectivity index (χ0) is 9.78. The third-order valence-electron chi connectivity index (χ3n) is 1.56. The van der Waals surface area contributed by atoms with Crippen LogP contribution in [0.5, 0.6) is 0 Å². The van der Waals surface area contributed by atoms with Crippen LogP contribution in [0.4, 0.5) is 0 Å². The highest BCUT2D eigenvalue weighted by atomic mass is 16.2. The largest absolute Gasteiger partial charge is 0.296 e. The molecule has 70 valence electrons. The third-order valence-corrected chi connectivity index (χ3v) is 1.56. The number of hydrogen-bond acceptors (Lipinski definition) is 2. The van der Waals surface area contributed by atoms with E-state index >= 15 is 0 Å². The van der Waals surface area contributed by atoms with Crippen LogP contribution in [0.25, 0.3) is 0 Å². The van der Waals surface area contributed by atoms with E-state index in [0.717, 1.165) is 0 Å². The van der Waals surface area contributed by atoms with Gasteiger partial charge in [0, 0.05) is 12.8 Å². The molecule has 0 aliphatic carbocycles. The first-order valence-corrected chi connectivity index (χ1v) is 4.32. The lowest BCUT2D eigenvalue weighted by atomic mass is 9.83. The van der Waals surface area contributed by atoms with Gasteiger partial charge in [-0.05, 0) is 5.41 Å². The summed E-state index contributed by atoms with van der Waals surface area (Å²) in [5.74, 6) is -0.303. The highest BCUT2D eigenvalue weighted by Gasteiger charge is 2.30. The summed E-state index contributed by atoms with van der Waals surface area (Å²) < 4.78 is 0. The molecule has 12 heavy (non-hydrogen) atoms. The second kappa shape index (κ2) is 4.24. The molecule has 0 atom stereocenters. The van der Waals surface area contributed by atoms with Crippen molar-refractivity contribution in [2.45, 2.75) is 40.5 Å². The summed E-state index contributed by atoms with van der Waals surface area (Å²) in [4.78, 5) is 21.5. The topological polar surface area (TPSA) is 46.2 Å². The molecule has 3 nitrogen and oxygen atoms in total. The maximum Gasteiger partial charge on any atom is 0.227 e. The number of carbonyl (C=O) groups excluding carboxylic acids is 2. The Balaban J connectivity index is 0.000000561. The lowest BCUT2D eigenvalue weighted by Gasteiger charge is -2.27. The third kappa shape index (κ3) is 3.51. The van der Waals surface area contributed by atoms with Gasteiger partial charge in [0.1, 0.15) is 0 Å². The number of piperidine rings is 1. The Morgan fingerprint density at radius 2 is 1.42 bits per heavy atom. The maximum absolute atomic E-state index is 10.8. The molecule has 1 N–H and O–H groups in total. The zero-order valence-corrected chi connectivity index (χ0v) is 8.23. The molecule has 0 aromatic heterocycles. The standard InChI is InChI=1S/C7H11NO2.C2H6/c1-7(2)3-5(9)8-6(10)4-7;1-2/h3-4H2,1-2H3,(H,8,9,10);1-2H3. The molecule has 1 saturated heterocycles. The van der Waals surface area contributed by atoms with Crippen LogP contribution in [0.3, 0.4) is 0 Å². The number of amides is 2. The van der Waals surface area contributed by atoms with Gasteiger partial charge in [0.05, 0.1) is 0 Å². The molecule has 3 heteroatoms. The molecule has 0 unspecified atom stereocenters. The van der Waals surface area contributed by atoms with Gasteiger partial charge in [0.15, 0.2) is 0 Å². The van der Waals surface area contributed by atoms with Gasteiger partial charge in [-0.2, -0.15) is 0 Å². The Morgan fingerprint density at radius 3 is 1.67 bits per heavy atom. The van der Waals surface area contributed by atoms with Crippen molar-refractivity contribution in [1.29, 1.82) is 0 Å². The van der Waals surface area contributed by atoms with Gasteiger partial charge in [-0.15, -0.1) is 0 Å². The lowest BCUT2D eigenvalue weighted by Crippen LogP contribution is -2.42. The summed E-state index contributed by atoms with van der Waals surface area (Å²) in [7, 11) is 0. The molecule has 1 rings (SSSR count). The van der Waals surface area contributed by atoms with Gasteiger partial charge >= 0.3 is 0 Å². The van der Waals surface area contributed by atoms with E-state index in [0.29, 0.717) is 12.8 Å². The fraction of sp³-hybridized carbons (Fsp3) is 0.778. The van der Waals surface area contributed by atoms with Gasteiger partial charge < -0.3 is 0 Å². The molecule has 2 amide bonds. The van der Waals surface area contributed by atoms with E-state index in [-0.39, 0.29) is 17.2 Å². The predicted octanol–water partition coefficient (Wildman–Crippen LogP) is 1.48. The van der Waals surface area contributed by atoms with Crippen LogP contribution < -0.4 is 5.32 Å². The molecule has 0 saturated carbocycles. The fourth-order valence-corrected chi connectivity index (χ4v) is 1.18. The molecule has 0 bridgehead atoms. The number of carbonyl (C=O) groups is 2. The summed E-state index contributed by atoms with van der Waals surface area (Å²) in [6.45, 7) is 7.84. The predicted molar refractivity (Wildman–Crippen MR) is 47.5 cm³/mol. The summed E-state index contributed by atoms with van der Waals surface area (Å²) in [6, 6.07) is 0. The Hall–Kier alpha value is -0.860. The Morgan fingerprint density at radius 1 is 1.08 bits per heavy atom. The quantitative estimate of drug-likeness (QED) is 0.561. The molecular weight excluding hydrogens is 154 g/mol. The Labute approximate surface area is 73.5 Å². The molecular formula is C9H17NO2. The van der Waals surface area contributed by atoms with Gasteiger partial charge in [-0.3, -0.25) is 14.9 Å². The van der Waals surface area contributed by atoms with Crippen molar-refractivity contribution in [1.82, 2.24) is 5.32 Å². The van der Waals surface area contributed by atoms with E-state index in [9.17, 15) is 9.59 Å². The van der Waals surface area contributed by atoms with Gasteiger partial charge in [0.2, 0.25) is 11.8 Å². The summed E-state index contributed by atoms with van der Waals surface area (Å²) in [6.07, 6.45) is 0.914. The molecule has 1 aliphatic heterocycles. The first-order chi connectivity index (χ1) is 5.49. The van der Waals surface area contributed by atoms with Crippen molar-refractivity contribution < 1.29 is 9.59 Å². The zero-order valence-electron chi connectivity index (χ0n) is 8.23. The number of hydrogen-bond donors (Lipinski definition) is 1. The normalized spacial score (nSPS) is 20.7. The molecule has 0 aromatic rings. The molecule has 0 aromatic carbocycles. The van der Waals surface area contributed by atoms with Crippen LogP contribution in [0.2, 0.25) is 0 Å². The molecule has 1 aliphatic rings. The van der Waals surface area contributed by atoms with Crippen LogP contribution in [-0.2, 0) is 9.59 Å². The summed E-state index contributed by atoms with van der Waals surface area (Å²) in [5.41, 5.74) is -0.139. The van der Waals surface area contributed by atoms with Gasteiger partial charge in [-0.1, -0.05) is 27.7 Å². The van der Waals surface area contributed by atoms with Crippen LogP contribution in [0, 0.1) is 5.41 Å². The maximum atomic E-state index is 10.8. The smallest absolute Gasteiger partial charge is 0.227 e. The van der Waals surface area contributed by atoms with Gasteiger partial charge in [-0.25, -0.2) is 0 Å². The van der Waals surface area contributed by atoms with Crippen molar-refractivity contribution in [2.24, 2.45) is 5.41 Å². The molecule has 1 fully saturated rings. The van der Waals surface area contributed by atoms with Crippen molar-refractivity contribution in [3.05, 3.63) is 0 Å². The first-order valence-electron chi connectivity index (χ1n) is 4.32. The minimum atomic E-state index is -0.152. The average Bonchev–Trinajstić information content (AvgIpc) is 1.85. The van der Waals surface area contributed by atoms with E-state index < -0.39 is 0 Å². The number of rotatable bonds is 0. The number of imide groups is 1. The average molecular weight is 171 g/mol. The number of nitrogens with one attached hydrogen (secondary N) is 1. The van der Waals surface area contributed by atoms with Gasteiger partial charge in [0.25, 0.3) is 0 Å². The highest BCUT2D eigenvalue weighted by Crippen LogP contribution is 2.27. The Kier molecular flexibility index (Phi) is 3.93. The summed E-state index contributed by atoms with van der Waals surface area (Å²) >= 11 is 0. The van der Waals surface area contributed by atoms with Crippen molar-refractivity contribution in [3.8, 4) is 0 Å². The van der Waals surface area contributed by atoms with E-state index in [4.69, 9.17) is 0 Å².